The van der Waals surface area contributed by atoms with E-state index in [1.807, 2.05) is 4.90 Å². The summed E-state index contributed by atoms with van der Waals surface area (Å²) in [5.41, 5.74) is 1.07. The van der Waals surface area contributed by atoms with E-state index < -0.39 is 0 Å². The van der Waals surface area contributed by atoms with Crippen LogP contribution in [0.1, 0.15) is 36.5 Å². The summed E-state index contributed by atoms with van der Waals surface area (Å²) in [7, 11) is 0. The molecule has 130 valence electrons. The summed E-state index contributed by atoms with van der Waals surface area (Å²) >= 11 is 0. The predicted octanol–water partition coefficient (Wildman–Crippen LogP) is 2.57. The molecule has 1 atom stereocenters. The Morgan fingerprint density at radius 3 is 2.96 bits per heavy atom. The molecule has 2 amide bonds. The minimum absolute atomic E-state index is 0.0961. The Bertz CT molecular complexity index is 605. The van der Waals surface area contributed by atoms with Gasteiger partial charge in [0.15, 0.2) is 0 Å². The van der Waals surface area contributed by atoms with Crippen LogP contribution in [0.5, 0.6) is 0 Å². The summed E-state index contributed by atoms with van der Waals surface area (Å²) in [6.07, 6.45) is 3.68. The molecule has 1 N–H and O–H groups in total. The zero-order valence-corrected chi connectivity index (χ0v) is 14.2. The number of carbonyl (C=O) groups excluding carboxylic acids is 2. The van der Waals surface area contributed by atoms with Gasteiger partial charge in [0, 0.05) is 31.4 Å². The number of anilines is 1. The molecule has 1 aromatic carbocycles. The van der Waals surface area contributed by atoms with Gasteiger partial charge in [-0.3, -0.25) is 4.90 Å². The lowest BCUT2D eigenvalue weighted by molar-refractivity contribution is 0.0526. The van der Waals surface area contributed by atoms with Crippen LogP contribution in [-0.2, 0) is 4.74 Å². The average molecular weight is 331 g/mol. The minimum Gasteiger partial charge on any atom is -0.462 e. The van der Waals surface area contributed by atoms with E-state index in [1.54, 1.807) is 31.2 Å². The molecule has 0 spiro atoms. The van der Waals surface area contributed by atoms with Crippen molar-refractivity contribution in [2.24, 2.45) is 0 Å². The van der Waals surface area contributed by atoms with Crippen molar-refractivity contribution in [2.75, 3.05) is 38.1 Å². The fourth-order valence-corrected chi connectivity index (χ4v) is 3.48. The number of hydrogen-bond acceptors (Lipinski definition) is 4. The van der Waals surface area contributed by atoms with E-state index in [2.05, 4.69) is 10.2 Å². The molecule has 1 unspecified atom stereocenters. The minimum atomic E-state index is -0.371. The second kappa shape index (κ2) is 7.66. The highest BCUT2D eigenvalue weighted by Gasteiger charge is 2.31. The maximum atomic E-state index is 12.5. The van der Waals surface area contributed by atoms with Gasteiger partial charge in [-0.25, -0.2) is 9.59 Å². The molecule has 2 saturated heterocycles. The first kappa shape index (κ1) is 16.8. The van der Waals surface area contributed by atoms with Crippen molar-refractivity contribution in [3.8, 4) is 0 Å². The van der Waals surface area contributed by atoms with Crippen molar-refractivity contribution in [1.82, 2.24) is 9.80 Å². The van der Waals surface area contributed by atoms with Gasteiger partial charge in [-0.05, 0) is 44.5 Å². The van der Waals surface area contributed by atoms with Gasteiger partial charge in [-0.1, -0.05) is 12.5 Å². The first-order chi connectivity index (χ1) is 11.7. The van der Waals surface area contributed by atoms with Gasteiger partial charge in [0.25, 0.3) is 0 Å². The van der Waals surface area contributed by atoms with Gasteiger partial charge in [0.1, 0.15) is 0 Å². The molecule has 0 aliphatic carbocycles. The first-order valence-corrected chi connectivity index (χ1v) is 8.74. The Balaban J connectivity index is 1.60. The number of amides is 2. The number of carbonyl (C=O) groups is 2. The molecule has 2 aliphatic heterocycles. The summed E-state index contributed by atoms with van der Waals surface area (Å²) in [4.78, 5) is 28.7. The van der Waals surface area contributed by atoms with Crippen molar-refractivity contribution in [2.45, 2.75) is 32.2 Å². The number of hydrogen-bond donors (Lipinski definition) is 1. The average Bonchev–Trinajstić information content (AvgIpc) is 2.61. The van der Waals surface area contributed by atoms with E-state index in [1.165, 1.54) is 19.3 Å². The molecule has 0 saturated carbocycles. The Hall–Kier alpha value is -2.08. The van der Waals surface area contributed by atoms with Crippen molar-refractivity contribution in [1.29, 1.82) is 0 Å². The fraction of sp³-hybridized carbons (Fsp3) is 0.556. The zero-order valence-electron chi connectivity index (χ0n) is 14.2. The highest BCUT2D eigenvalue weighted by atomic mass is 16.5. The summed E-state index contributed by atoms with van der Waals surface area (Å²) < 4.78 is 5.00. The maximum Gasteiger partial charge on any atom is 0.338 e. The lowest BCUT2D eigenvalue weighted by Crippen LogP contribution is -2.56. The number of rotatable bonds is 3. The monoisotopic (exact) mass is 331 g/mol. The fourth-order valence-electron chi connectivity index (χ4n) is 3.48. The van der Waals surface area contributed by atoms with E-state index in [-0.39, 0.29) is 12.0 Å². The van der Waals surface area contributed by atoms with Gasteiger partial charge in [0.05, 0.1) is 12.2 Å². The highest BCUT2D eigenvalue weighted by molar-refractivity contribution is 5.94. The standard InChI is InChI=1S/C18H25N3O3/c1-2-24-17(22)14-6-5-7-15(12-14)19-18(23)21-11-10-20-9-4-3-8-16(20)13-21/h5-7,12,16H,2-4,8-11,13H2,1H3,(H,19,23). The Labute approximate surface area is 142 Å². The topological polar surface area (TPSA) is 61.9 Å². The van der Waals surface area contributed by atoms with Crippen LogP contribution in [-0.4, -0.2) is 60.6 Å². The van der Waals surface area contributed by atoms with Crippen molar-refractivity contribution in [3.63, 3.8) is 0 Å². The number of benzene rings is 1. The number of urea groups is 1. The molecule has 2 heterocycles. The van der Waals surface area contributed by atoms with Crippen LogP contribution in [0.2, 0.25) is 0 Å². The summed E-state index contributed by atoms with van der Waals surface area (Å²) in [6, 6.07) is 7.28. The number of piperidine rings is 1. The normalized spacial score (nSPS) is 21.0. The third-order valence-corrected chi connectivity index (χ3v) is 4.75. The molecule has 1 aromatic rings. The molecule has 6 heteroatoms. The second-order valence-corrected chi connectivity index (χ2v) is 6.36. The summed E-state index contributed by atoms with van der Waals surface area (Å²) in [5, 5.41) is 2.91. The molecule has 0 bridgehead atoms. The van der Waals surface area contributed by atoms with Crippen molar-refractivity contribution < 1.29 is 14.3 Å². The Kier molecular flexibility index (Phi) is 5.35. The molecule has 6 nitrogen and oxygen atoms in total. The van der Waals surface area contributed by atoms with Gasteiger partial charge in [0.2, 0.25) is 0 Å². The highest BCUT2D eigenvalue weighted by Crippen LogP contribution is 2.21. The second-order valence-electron chi connectivity index (χ2n) is 6.36. The third-order valence-electron chi connectivity index (χ3n) is 4.75. The molecule has 24 heavy (non-hydrogen) atoms. The van der Waals surface area contributed by atoms with Crippen molar-refractivity contribution >= 4 is 17.7 Å². The van der Waals surface area contributed by atoms with Gasteiger partial charge < -0.3 is 15.0 Å². The SMILES string of the molecule is CCOC(=O)c1cccc(NC(=O)N2CCN3CCCCC3C2)c1. The van der Waals surface area contributed by atoms with Gasteiger partial charge in [-0.2, -0.15) is 0 Å². The zero-order chi connectivity index (χ0) is 16.9. The lowest BCUT2D eigenvalue weighted by atomic mass is 10.00. The number of fused-ring (bicyclic) bond motifs is 1. The quantitative estimate of drug-likeness (QED) is 0.865. The van der Waals surface area contributed by atoms with Crippen molar-refractivity contribution in [3.05, 3.63) is 29.8 Å². The largest absolute Gasteiger partial charge is 0.462 e. The third kappa shape index (κ3) is 3.87. The molecule has 3 rings (SSSR count). The number of esters is 1. The summed E-state index contributed by atoms with van der Waals surface area (Å²) in [6.45, 7) is 5.74. The molecule has 2 aliphatic rings. The predicted molar refractivity (Wildman–Crippen MR) is 92.2 cm³/mol. The molecule has 0 aromatic heterocycles. The van der Waals surface area contributed by atoms with E-state index in [0.717, 1.165) is 26.2 Å². The smallest absolute Gasteiger partial charge is 0.338 e. The Morgan fingerprint density at radius 2 is 2.12 bits per heavy atom. The number of nitrogens with zero attached hydrogens (tertiary/aromatic N) is 2. The maximum absolute atomic E-state index is 12.5. The van der Waals surface area contributed by atoms with E-state index in [0.29, 0.717) is 23.9 Å². The number of ether oxygens (including phenoxy) is 1. The van der Waals surface area contributed by atoms with Crippen LogP contribution in [0.3, 0.4) is 0 Å². The van der Waals surface area contributed by atoms with E-state index in [4.69, 9.17) is 4.74 Å². The van der Waals surface area contributed by atoms with Gasteiger partial charge >= 0.3 is 12.0 Å². The first-order valence-electron chi connectivity index (χ1n) is 8.74. The molecule has 0 radical (unpaired) electrons. The molecular weight excluding hydrogens is 306 g/mol. The van der Waals surface area contributed by atoms with Crippen LogP contribution in [0.25, 0.3) is 0 Å². The van der Waals surface area contributed by atoms with Crippen LogP contribution < -0.4 is 5.32 Å². The molecular formula is C18H25N3O3. The Morgan fingerprint density at radius 1 is 1.25 bits per heavy atom. The van der Waals surface area contributed by atoms with Gasteiger partial charge in [-0.15, -0.1) is 0 Å². The van der Waals surface area contributed by atoms with Crippen LogP contribution in [0, 0.1) is 0 Å². The molecule has 2 fully saturated rings. The van der Waals surface area contributed by atoms with Crippen LogP contribution in [0.15, 0.2) is 24.3 Å². The summed E-state index contributed by atoms with van der Waals surface area (Å²) in [5.74, 6) is -0.371. The van der Waals surface area contributed by atoms with Crippen LogP contribution >= 0.6 is 0 Å². The number of piperazine rings is 1. The number of nitrogens with one attached hydrogen (secondary N) is 1. The van der Waals surface area contributed by atoms with E-state index >= 15 is 0 Å². The lowest BCUT2D eigenvalue weighted by Gasteiger charge is -2.43. The van der Waals surface area contributed by atoms with Crippen LogP contribution in [0.4, 0.5) is 10.5 Å². The van der Waals surface area contributed by atoms with E-state index in [9.17, 15) is 9.59 Å².